The summed E-state index contributed by atoms with van der Waals surface area (Å²) in [6.07, 6.45) is 3.73. The van der Waals surface area contributed by atoms with Crippen LogP contribution in [-0.2, 0) is 16.1 Å². The molecular formula is C10H13BrNO2+. The van der Waals surface area contributed by atoms with Gasteiger partial charge in [-0.15, -0.1) is 0 Å². The maximum atomic E-state index is 11.2. The molecular weight excluding hydrogens is 246 g/mol. The number of ether oxygens (including phenoxy) is 1. The minimum absolute atomic E-state index is 0.215. The van der Waals surface area contributed by atoms with Gasteiger partial charge < -0.3 is 4.74 Å². The van der Waals surface area contributed by atoms with Crippen LogP contribution in [0.5, 0.6) is 0 Å². The van der Waals surface area contributed by atoms with Crippen LogP contribution in [0.3, 0.4) is 0 Å². The van der Waals surface area contributed by atoms with E-state index in [2.05, 4.69) is 15.9 Å². The Morgan fingerprint density at radius 3 is 2.93 bits per heavy atom. The molecule has 0 spiro atoms. The lowest BCUT2D eigenvalue weighted by molar-refractivity contribution is -0.686. The molecule has 0 aliphatic heterocycles. The molecule has 0 saturated heterocycles. The molecule has 0 aromatic carbocycles. The summed E-state index contributed by atoms with van der Waals surface area (Å²) in [5.74, 6) is -0.215. The van der Waals surface area contributed by atoms with E-state index in [9.17, 15) is 4.79 Å². The number of hydrogen-bond acceptors (Lipinski definition) is 2. The summed E-state index contributed by atoms with van der Waals surface area (Å²) >= 11 is 3.40. The molecule has 3 nitrogen and oxygen atoms in total. The van der Waals surface area contributed by atoms with Crippen LogP contribution in [0.25, 0.3) is 0 Å². The Bertz CT molecular complexity index is 339. The SMILES string of the molecule is CCOC(=O)C[n+]1ccc(C)c(Br)c1. The Hall–Kier alpha value is -0.900. The second-order valence-corrected chi connectivity index (χ2v) is 3.81. The van der Waals surface area contributed by atoms with Crippen molar-refractivity contribution in [3.63, 3.8) is 0 Å². The van der Waals surface area contributed by atoms with Crippen LogP contribution in [0, 0.1) is 6.92 Å². The highest BCUT2D eigenvalue weighted by Gasteiger charge is 2.10. The van der Waals surface area contributed by atoms with E-state index in [1.54, 1.807) is 11.5 Å². The summed E-state index contributed by atoms with van der Waals surface area (Å²) in [4.78, 5) is 11.2. The fourth-order valence-corrected chi connectivity index (χ4v) is 1.43. The van der Waals surface area contributed by atoms with Crippen molar-refractivity contribution in [1.29, 1.82) is 0 Å². The van der Waals surface area contributed by atoms with Gasteiger partial charge in [0.1, 0.15) is 0 Å². The van der Waals surface area contributed by atoms with Crippen molar-refractivity contribution in [3.8, 4) is 0 Å². The van der Waals surface area contributed by atoms with Crippen LogP contribution in [0.4, 0.5) is 0 Å². The second kappa shape index (κ2) is 5.10. The number of halogens is 1. The van der Waals surface area contributed by atoms with E-state index in [1.165, 1.54) is 0 Å². The number of carbonyl (C=O) groups is 1. The standard InChI is InChI=1S/C10H13BrNO2/c1-3-14-10(13)7-12-5-4-8(2)9(11)6-12/h4-6H,3,7H2,1-2H3/q+1. The third kappa shape index (κ3) is 3.10. The van der Waals surface area contributed by atoms with Crippen LogP contribution in [0.2, 0.25) is 0 Å². The molecule has 0 saturated carbocycles. The monoisotopic (exact) mass is 258 g/mol. The Balaban J connectivity index is 2.68. The number of nitrogens with zero attached hydrogens (tertiary/aromatic N) is 1. The van der Waals surface area contributed by atoms with Crippen molar-refractivity contribution in [1.82, 2.24) is 0 Å². The Kier molecular flexibility index (Phi) is 4.07. The third-order valence-electron chi connectivity index (χ3n) is 1.79. The highest BCUT2D eigenvalue weighted by atomic mass is 79.9. The first-order valence-electron chi connectivity index (χ1n) is 4.44. The first kappa shape index (κ1) is 11.2. The number of aromatic nitrogens is 1. The lowest BCUT2D eigenvalue weighted by Crippen LogP contribution is -2.38. The topological polar surface area (TPSA) is 30.2 Å². The van der Waals surface area contributed by atoms with E-state index in [1.807, 2.05) is 25.4 Å². The molecule has 0 N–H and O–H groups in total. The molecule has 1 aromatic rings. The largest absolute Gasteiger partial charge is 0.461 e. The zero-order valence-corrected chi connectivity index (χ0v) is 9.87. The number of aryl methyl sites for hydroxylation is 1. The number of rotatable bonds is 3. The van der Waals surface area contributed by atoms with Crippen LogP contribution >= 0.6 is 15.9 Å². The number of carbonyl (C=O) groups excluding carboxylic acids is 1. The van der Waals surface area contributed by atoms with Gasteiger partial charge in [-0.1, -0.05) is 0 Å². The van der Waals surface area contributed by atoms with Gasteiger partial charge in [-0.25, -0.2) is 4.79 Å². The Labute approximate surface area is 91.8 Å². The first-order valence-corrected chi connectivity index (χ1v) is 5.23. The van der Waals surface area contributed by atoms with E-state index < -0.39 is 0 Å². The van der Waals surface area contributed by atoms with Crippen molar-refractivity contribution < 1.29 is 14.1 Å². The van der Waals surface area contributed by atoms with Gasteiger partial charge in [-0.05, 0) is 35.3 Å². The van der Waals surface area contributed by atoms with Gasteiger partial charge in [0, 0.05) is 6.07 Å². The Morgan fingerprint density at radius 2 is 2.36 bits per heavy atom. The second-order valence-electron chi connectivity index (χ2n) is 2.95. The molecule has 0 atom stereocenters. The predicted molar refractivity (Wildman–Crippen MR) is 55.7 cm³/mol. The number of pyridine rings is 1. The number of esters is 1. The predicted octanol–water partition coefficient (Wildman–Crippen LogP) is 1.61. The lowest BCUT2D eigenvalue weighted by atomic mass is 10.3. The molecule has 1 rings (SSSR count). The fraction of sp³-hybridized carbons (Fsp3) is 0.400. The molecule has 0 unspecified atom stereocenters. The van der Waals surface area contributed by atoms with Crippen molar-refractivity contribution in [2.24, 2.45) is 0 Å². The maximum absolute atomic E-state index is 11.2. The molecule has 0 fully saturated rings. The highest BCUT2D eigenvalue weighted by Crippen LogP contribution is 2.11. The van der Waals surface area contributed by atoms with Gasteiger partial charge in [0.05, 0.1) is 11.1 Å². The van der Waals surface area contributed by atoms with Gasteiger partial charge >= 0.3 is 5.97 Å². The zero-order valence-electron chi connectivity index (χ0n) is 8.29. The van der Waals surface area contributed by atoms with Crippen LogP contribution in [-0.4, -0.2) is 12.6 Å². The molecule has 14 heavy (non-hydrogen) atoms. The molecule has 1 aromatic heterocycles. The van der Waals surface area contributed by atoms with E-state index in [-0.39, 0.29) is 12.5 Å². The molecule has 0 aliphatic rings. The molecule has 76 valence electrons. The molecule has 0 radical (unpaired) electrons. The summed E-state index contributed by atoms with van der Waals surface area (Å²) < 4.78 is 7.62. The zero-order chi connectivity index (χ0) is 10.6. The normalized spacial score (nSPS) is 9.93. The van der Waals surface area contributed by atoms with E-state index in [0.29, 0.717) is 6.61 Å². The summed E-state index contributed by atoms with van der Waals surface area (Å²) in [7, 11) is 0. The van der Waals surface area contributed by atoms with Crippen molar-refractivity contribution in [2.45, 2.75) is 20.4 Å². The van der Waals surface area contributed by atoms with Gasteiger partial charge in [0.15, 0.2) is 12.4 Å². The molecule has 0 aliphatic carbocycles. The molecule has 0 amide bonds. The average molecular weight is 259 g/mol. The fourth-order valence-electron chi connectivity index (χ4n) is 1.03. The molecule has 1 heterocycles. The minimum atomic E-state index is -0.215. The van der Waals surface area contributed by atoms with Crippen molar-refractivity contribution >= 4 is 21.9 Å². The smallest absolute Gasteiger partial charge is 0.372 e. The number of hydrogen-bond donors (Lipinski definition) is 0. The molecule has 0 bridgehead atoms. The van der Waals surface area contributed by atoms with Gasteiger partial charge in [0.25, 0.3) is 0 Å². The molecule has 4 heteroatoms. The quantitative estimate of drug-likeness (QED) is 0.609. The summed E-state index contributed by atoms with van der Waals surface area (Å²) in [6.45, 7) is 4.48. The summed E-state index contributed by atoms with van der Waals surface area (Å²) in [5.41, 5.74) is 1.14. The van der Waals surface area contributed by atoms with E-state index in [4.69, 9.17) is 4.74 Å². The summed E-state index contributed by atoms with van der Waals surface area (Å²) in [6, 6.07) is 1.95. The van der Waals surface area contributed by atoms with Gasteiger partial charge in [-0.2, -0.15) is 4.57 Å². The van der Waals surface area contributed by atoms with Crippen molar-refractivity contribution in [2.75, 3.05) is 6.61 Å². The highest BCUT2D eigenvalue weighted by molar-refractivity contribution is 9.10. The van der Waals surface area contributed by atoms with Gasteiger partial charge in [-0.3, -0.25) is 0 Å². The average Bonchev–Trinajstić information content (AvgIpc) is 2.12. The van der Waals surface area contributed by atoms with E-state index >= 15 is 0 Å². The Morgan fingerprint density at radius 1 is 1.64 bits per heavy atom. The van der Waals surface area contributed by atoms with Crippen LogP contribution < -0.4 is 4.57 Å². The summed E-state index contributed by atoms with van der Waals surface area (Å²) in [5, 5.41) is 0. The third-order valence-corrected chi connectivity index (χ3v) is 2.62. The van der Waals surface area contributed by atoms with E-state index in [0.717, 1.165) is 10.0 Å². The van der Waals surface area contributed by atoms with Crippen LogP contribution in [0.1, 0.15) is 12.5 Å². The maximum Gasteiger partial charge on any atom is 0.372 e. The van der Waals surface area contributed by atoms with Crippen molar-refractivity contribution in [3.05, 3.63) is 28.5 Å². The van der Waals surface area contributed by atoms with Crippen LogP contribution in [0.15, 0.2) is 22.9 Å². The first-order chi connectivity index (χ1) is 6.63. The minimum Gasteiger partial charge on any atom is -0.461 e. The lowest BCUT2D eigenvalue weighted by Gasteiger charge is -1.99. The van der Waals surface area contributed by atoms with Gasteiger partial charge in [0.2, 0.25) is 6.54 Å².